The molecule has 0 unspecified atom stereocenters. The third-order valence-corrected chi connectivity index (χ3v) is 8.96. The van der Waals surface area contributed by atoms with E-state index in [4.69, 9.17) is 0 Å². The molecule has 41 heavy (non-hydrogen) atoms. The Morgan fingerprint density at radius 1 is 0.756 bits per heavy atom. The highest BCUT2D eigenvalue weighted by Crippen LogP contribution is 2.39. The van der Waals surface area contributed by atoms with Crippen molar-refractivity contribution in [2.45, 2.75) is 84.3 Å². The average Bonchev–Trinajstić information content (AvgIpc) is 3.88. The van der Waals surface area contributed by atoms with Crippen LogP contribution in [0.15, 0.2) is 42.5 Å². The highest BCUT2D eigenvalue weighted by molar-refractivity contribution is 6.11. The highest BCUT2D eigenvalue weighted by Gasteiger charge is 2.46. The fourth-order valence-electron chi connectivity index (χ4n) is 6.62. The first-order valence-electron chi connectivity index (χ1n) is 14.7. The third kappa shape index (κ3) is 5.04. The second-order valence-electron chi connectivity index (χ2n) is 12.0. The molecule has 1 saturated heterocycles. The summed E-state index contributed by atoms with van der Waals surface area (Å²) in [7, 11) is 0. The van der Waals surface area contributed by atoms with Crippen LogP contribution < -0.4 is 0 Å². The summed E-state index contributed by atoms with van der Waals surface area (Å²) in [6.45, 7) is 7.35. The molecule has 3 heterocycles. The first-order valence-corrected chi connectivity index (χ1v) is 14.7. The summed E-state index contributed by atoms with van der Waals surface area (Å²) in [6, 6.07) is 13.1. The minimum atomic E-state index is -0.801. The Morgan fingerprint density at radius 3 is 1.78 bits per heavy atom. The van der Waals surface area contributed by atoms with Crippen molar-refractivity contribution in [2.75, 3.05) is 13.1 Å². The normalized spacial score (nSPS) is 19.0. The second kappa shape index (κ2) is 10.5. The van der Waals surface area contributed by atoms with Gasteiger partial charge in [0.1, 0.15) is 6.04 Å². The van der Waals surface area contributed by atoms with Gasteiger partial charge in [0, 0.05) is 46.0 Å². The van der Waals surface area contributed by atoms with Crippen LogP contribution >= 0.6 is 0 Å². The van der Waals surface area contributed by atoms with Crippen molar-refractivity contribution >= 4 is 23.5 Å². The molecule has 8 nitrogen and oxygen atoms in total. The Bertz CT molecular complexity index is 1540. The first kappa shape index (κ1) is 27.2. The van der Waals surface area contributed by atoms with Gasteiger partial charge < -0.3 is 14.0 Å². The molecule has 8 heteroatoms. The van der Waals surface area contributed by atoms with Gasteiger partial charge in [-0.05, 0) is 83.9 Å². The number of hydrogen-bond acceptors (Lipinski definition) is 4. The predicted molar refractivity (Wildman–Crippen MR) is 155 cm³/mol. The summed E-state index contributed by atoms with van der Waals surface area (Å²) in [4.78, 5) is 57.0. The number of aryl methyl sites for hydroxylation is 3. The van der Waals surface area contributed by atoms with Crippen LogP contribution in [0.25, 0.3) is 0 Å². The van der Waals surface area contributed by atoms with E-state index in [1.807, 2.05) is 70.2 Å². The van der Waals surface area contributed by atoms with Crippen molar-refractivity contribution in [3.05, 3.63) is 81.9 Å². The van der Waals surface area contributed by atoms with Crippen molar-refractivity contribution < 1.29 is 19.2 Å². The lowest BCUT2D eigenvalue weighted by molar-refractivity contribution is -0.128. The van der Waals surface area contributed by atoms with E-state index in [1.54, 1.807) is 0 Å². The van der Waals surface area contributed by atoms with Crippen molar-refractivity contribution in [3.8, 4) is 0 Å². The molecule has 0 N–H and O–H groups in total. The largest absolute Gasteiger partial charge is 0.345 e. The summed E-state index contributed by atoms with van der Waals surface area (Å²) in [6.07, 6.45) is 5.37. The maximum absolute atomic E-state index is 13.7. The van der Waals surface area contributed by atoms with Crippen LogP contribution in [0.5, 0.6) is 0 Å². The standard InChI is InChI=1S/C33H38N4O4/c1-20-16-27(22(3)36(20)25-11-12-25)30(38)18-34-29(15-10-24-8-6-5-7-9-24)32(40)35(33(34)41)19-31(39)28-17-21(2)37(23(28)4)26-13-14-26/h5-9,16-17,25-26,29H,10-15,18-19H2,1-4H3/t29-/m0/s1. The lowest BCUT2D eigenvalue weighted by Crippen LogP contribution is -2.40. The number of ketones is 2. The van der Waals surface area contributed by atoms with Crippen LogP contribution in [0.2, 0.25) is 0 Å². The SMILES string of the molecule is Cc1cc(C(=O)CN2C(=O)[C@H](CCc3ccccc3)N(CC(=O)c3cc(C)n(C4CC4)c3C)C2=O)c(C)n1C1CC1. The van der Waals surface area contributed by atoms with E-state index in [0.717, 1.165) is 58.9 Å². The molecule has 2 saturated carbocycles. The Kier molecular flexibility index (Phi) is 6.96. The first-order chi connectivity index (χ1) is 19.7. The summed E-state index contributed by atoms with van der Waals surface area (Å²) in [5.74, 6) is -0.849. The lowest BCUT2D eigenvalue weighted by Gasteiger charge is -2.21. The van der Waals surface area contributed by atoms with Gasteiger partial charge in [-0.15, -0.1) is 0 Å². The van der Waals surface area contributed by atoms with Crippen LogP contribution in [0.1, 0.15) is 93.2 Å². The number of carbonyl (C=O) groups excluding carboxylic acids is 4. The molecule has 1 aliphatic heterocycles. The predicted octanol–water partition coefficient (Wildman–Crippen LogP) is 5.52. The molecule has 0 bridgehead atoms. The van der Waals surface area contributed by atoms with E-state index in [9.17, 15) is 19.2 Å². The molecular weight excluding hydrogens is 516 g/mol. The fraction of sp³-hybridized carbons (Fsp3) is 0.455. The molecule has 2 aromatic heterocycles. The van der Waals surface area contributed by atoms with E-state index in [0.29, 0.717) is 36.1 Å². The van der Waals surface area contributed by atoms with Crippen molar-refractivity contribution in [1.29, 1.82) is 0 Å². The zero-order chi connectivity index (χ0) is 29.0. The van der Waals surface area contributed by atoms with Gasteiger partial charge in [0.2, 0.25) is 0 Å². The van der Waals surface area contributed by atoms with Crippen molar-refractivity contribution in [2.24, 2.45) is 0 Å². The van der Waals surface area contributed by atoms with Crippen molar-refractivity contribution in [3.63, 3.8) is 0 Å². The zero-order valence-electron chi connectivity index (χ0n) is 24.4. The molecule has 0 radical (unpaired) electrons. The Morgan fingerprint density at radius 2 is 1.27 bits per heavy atom. The summed E-state index contributed by atoms with van der Waals surface area (Å²) in [5.41, 5.74) is 6.04. The number of benzene rings is 1. The topological polar surface area (TPSA) is 84.6 Å². The van der Waals surface area contributed by atoms with Gasteiger partial charge in [-0.3, -0.25) is 19.3 Å². The monoisotopic (exact) mass is 554 g/mol. The maximum Gasteiger partial charge on any atom is 0.328 e. The lowest BCUT2D eigenvalue weighted by atomic mass is 10.0. The summed E-state index contributed by atoms with van der Waals surface area (Å²) < 4.78 is 4.40. The van der Waals surface area contributed by atoms with Gasteiger partial charge in [-0.2, -0.15) is 0 Å². The number of imide groups is 1. The van der Waals surface area contributed by atoms with E-state index >= 15 is 0 Å². The molecule has 1 aromatic carbocycles. The van der Waals surface area contributed by atoms with E-state index in [2.05, 4.69) is 9.13 Å². The number of urea groups is 1. The maximum atomic E-state index is 13.7. The Labute approximate surface area is 240 Å². The van der Waals surface area contributed by atoms with E-state index < -0.39 is 18.0 Å². The van der Waals surface area contributed by atoms with Gasteiger partial charge in [0.15, 0.2) is 11.6 Å². The fourth-order valence-corrected chi connectivity index (χ4v) is 6.62. The number of nitrogens with zero attached hydrogens (tertiary/aromatic N) is 4. The van der Waals surface area contributed by atoms with Gasteiger partial charge in [0.05, 0.1) is 13.1 Å². The van der Waals surface area contributed by atoms with Crippen LogP contribution in [0.3, 0.4) is 0 Å². The van der Waals surface area contributed by atoms with Crippen LogP contribution in [0, 0.1) is 27.7 Å². The zero-order valence-corrected chi connectivity index (χ0v) is 24.4. The van der Waals surface area contributed by atoms with Crippen molar-refractivity contribution in [1.82, 2.24) is 18.9 Å². The quantitative estimate of drug-likeness (QED) is 0.231. The molecule has 3 aliphatic rings. The molecule has 6 rings (SSSR count). The summed E-state index contributed by atoms with van der Waals surface area (Å²) >= 11 is 0. The van der Waals surface area contributed by atoms with E-state index in [-0.39, 0.29) is 24.7 Å². The molecule has 3 amide bonds. The smallest absolute Gasteiger partial charge is 0.328 e. The molecule has 3 aromatic rings. The van der Waals surface area contributed by atoms with Crippen LogP contribution in [-0.4, -0.2) is 61.6 Å². The molecule has 1 atom stereocenters. The van der Waals surface area contributed by atoms with Gasteiger partial charge in [-0.25, -0.2) is 4.79 Å². The molecule has 3 fully saturated rings. The Hall–Kier alpha value is -3.94. The van der Waals surface area contributed by atoms with Gasteiger partial charge >= 0.3 is 6.03 Å². The highest BCUT2D eigenvalue weighted by atomic mass is 16.2. The van der Waals surface area contributed by atoms with E-state index in [1.165, 1.54) is 4.90 Å². The molecule has 2 aliphatic carbocycles. The molecular formula is C33H38N4O4. The number of amides is 3. The van der Waals surface area contributed by atoms with Crippen LogP contribution in [0.4, 0.5) is 4.79 Å². The number of carbonyl (C=O) groups is 4. The third-order valence-electron chi connectivity index (χ3n) is 8.96. The summed E-state index contributed by atoms with van der Waals surface area (Å²) in [5, 5.41) is 0. The minimum absolute atomic E-state index is 0.183. The number of aromatic nitrogens is 2. The minimum Gasteiger partial charge on any atom is -0.345 e. The van der Waals surface area contributed by atoms with Gasteiger partial charge in [-0.1, -0.05) is 30.3 Å². The molecule has 0 spiro atoms. The van der Waals surface area contributed by atoms with Gasteiger partial charge in [0.25, 0.3) is 5.91 Å². The Balaban J connectivity index is 1.24. The number of rotatable bonds is 11. The number of hydrogen-bond donors (Lipinski definition) is 0. The average molecular weight is 555 g/mol. The number of Topliss-reactive ketones (excluding diaryl/α,β-unsaturated/α-hetero) is 2. The molecule has 214 valence electrons. The van der Waals surface area contributed by atoms with Crippen LogP contribution in [-0.2, 0) is 11.2 Å². The second-order valence-corrected chi connectivity index (χ2v) is 12.0.